The van der Waals surface area contributed by atoms with Gasteiger partial charge in [0, 0.05) is 13.1 Å². The van der Waals surface area contributed by atoms with Gasteiger partial charge < -0.3 is 10.1 Å². The third-order valence-corrected chi connectivity index (χ3v) is 3.62. The molecule has 0 fully saturated rings. The molecule has 19 heavy (non-hydrogen) atoms. The fraction of sp³-hybridized carbons (Fsp3) is 0.562. The molecule has 0 aromatic heterocycles. The molecule has 1 aliphatic heterocycles. The molecule has 0 bridgehead atoms. The van der Waals surface area contributed by atoms with Gasteiger partial charge in [-0.1, -0.05) is 50.5 Å². The minimum Gasteiger partial charge on any atom is -0.465 e. The maximum Gasteiger partial charge on any atom is 0.314 e. The van der Waals surface area contributed by atoms with Gasteiger partial charge >= 0.3 is 5.97 Å². The topological polar surface area (TPSA) is 38.3 Å². The first-order valence-electron chi connectivity index (χ1n) is 7.28. The third-order valence-electron chi connectivity index (χ3n) is 3.62. The van der Waals surface area contributed by atoms with E-state index in [0.717, 1.165) is 24.9 Å². The Morgan fingerprint density at radius 3 is 3.00 bits per heavy atom. The van der Waals surface area contributed by atoms with Gasteiger partial charge in [-0.2, -0.15) is 0 Å². The largest absolute Gasteiger partial charge is 0.465 e. The fourth-order valence-electron chi connectivity index (χ4n) is 2.51. The zero-order chi connectivity index (χ0) is 13.5. The number of carbonyl (C=O) groups excluding carboxylic acids is 1. The highest BCUT2D eigenvalue weighted by Gasteiger charge is 2.27. The second-order valence-electron chi connectivity index (χ2n) is 5.11. The summed E-state index contributed by atoms with van der Waals surface area (Å²) < 4.78 is 5.41. The van der Waals surface area contributed by atoms with Gasteiger partial charge in [-0.05, 0) is 17.5 Å². The molecule has 1 N–H and O–H groups in total. The molecule has 104 valence electrons. The van der Waals surface area contributed by atoms with Gasteiger partial charge in [-0.3, -0.25) is 4.79 Å². The van der Waals surface area contributed by atoms with Gasteiger partial charge in [0.2, 0.25) is 0 Å². The van der Waals surface area contributed by atoms with E-state index in [1.807, 2.05) is 18.2 Å². The van der Waals surface area contributed by atoms with Crippen molar-refractivity contribution in [1.82, 2.24) is 5.32 Å². The number of hydrogen-bond acceptors (Lipinski definition) is 3. The van der Waals surface area contributed by atoms with Crippen LogP contribution in [0.4, 0.5) is 0 Å². The summed E-state index contributed by atoms with van der Waals surface area (Å²) >= 11 is 0. The second-order valence-corrected chi connectivity index (χ2v) is 5.11. The summed E-state index contributed by atoms with van der Waals surface area (Å²) in [6.07, 6.45) is 4.53. The minimum atomic E-state index is -0.142. The summed E-state index contributed by atoms with van der Waals surface area (Å²) in [5.74, 6) is -0.229. The maximum atomic E-state index is 12.1. The molecule has 0 saturated heterocycles. The van der Waals surface area contributed by atoms with E-state index in [9.17, 15) is 4.79 Å². The summed E-state index contributed by atoms with van der Waals surface area (Å²) in [5, 5.41) is 3.28. The standard InChI is InChI=1S/C16H23NO2/c1-2-3-4-7-10-19-16(18)15-12-17-11-13-8-5-6-9-14(13)15/h5-6,8-9,15,17H,2-4,7,10-12H2,1H3. The van der Waals surface area contributed by atoms with Crippen LogP contribution in [0.5, 0.6) is 0 Å². The number of unbranched alkanes of at least 4 members (excludes halogenated alkanes) is 3. The molecule has 0 saturated carbocycles. The predicted molar refractivity (Wildman–Crippen MR) is 76.0 cm³/mol. The number of nitrogens with one attached hydrogen (secondary N) is 1. The van der Waals surface area contributed by atoms with Crippen LogP contribution < -0.4 is 5.32 Å². The Balaban J connectivity index is 1.86. The van der Waals surface area contributed by atoms with E-state index in [2.05, 4.69) is 18.3 Å². The van der Waals surface area contributed by atoms with Crippen molar-refractivity contribution in [1.29, 1.82) is 0 Å². The quantitative estimate of drug-likeness (QED) is 0.632. The van der Waals surface area contributed by atoms with E-state index < -0.39 is 0 Å². The van der Waals surface area contributed by atoms with Crippen LogP contribution in [0.15, 0.2) is 24.3 Å². The smallest absolute Gasteiger partial charge is 0.314 e. The van der Waals surface area contributed by atoms with Crippen molar-refractivity contribution in [2.45, 2.75) is 45.1 Å². The Kier molecular flexibility index (Phi) is 5.40. The molecule has 0 aliphatic carbocycles. The molecule has 1 aliphatic rings. The average molecular weight is 261 g/mol. The van der Waals surface area contributed by atoms with Crippen LogP contribution in [-0.4, -0.2) is 19.1 Å². The number of rotatable bonds is 6. The number of carbonyl (C=O) groups is 1. The fourth-order valence-corrected chi connectivity index (χ4v) is 2.51. The normalized spacial score (nSPS) is 17.8. The van der Waals surface area contributed by atoms with Crippen molar-refractivity contribution in [3.8, 4) is 0 Å². The van der Waals surface area contributed by atoms with Crippen molar-refractivity contribution in [2.24, 2.45) is 0 Å². The zero-order valence-corrected chi connectivity index (χ0v) is 11.7. The highest BCUT2D eigenvalue weighted by atomic mass is 16.5. The van der Waals surface area contributed by atoms with Crippen LogP contribution in [-0.2, 0) is 16.1 Å². The Labute approximate surface area is 115 Å². The van der Waals surface area contributed by atoms with E-state index in [0.29, 0.717) is 13.2 Å². The number of benzene rings is 1. The number of hydrogen-bond donors (Lipinski definition) is 1. The summed E-state index contributed by atoms with van der Waals surface area (Å²) in [5.41, 5.74) is 2.33. The molecule has 1 aromatic carbocycles. The van der Waals surface area contributed by atoms with Gasteiger partial charge in [0.25, 0.3) is 0 Å². The lowest BCUT2D eigenvalue weighted by atomic mass is 9.91. The van der Waals surface area contributed by atoms with Crippen LogP contribution >= 0.6 is 0 Å². The highest BCUT2D eigenvalue weighted by molar-refractivity contribution is 5.79. The Bertz CT molecular complexity index is 417. The lowest BCUT2D eigenvalue weighted by molar-refractivity contribution is -0.145. The maximum absolute atomic E-state index is 12.1. The van der Waals surface area contributed by atoms with E-state index in [1.54, 1.807) is 0 Å². The molecule has 0 spiro atoms. The van der Waals surface area contributed by atoms with E-state index in [-0.39, 0.29) is 11.9 Å². The Morgan fingerprint density at radius 1 is 1.32 bits per heavy atom. The van der Waals surface area contributed by atoms with Crippen LogP contribution in [0.1, 0.15) is 49.7 Å². The summed E-state index contributed by atoms with van der Waals surface area (Å²) in [7, 11) is 0. The minimum absolute atomic E-state index is 0.0869. The van der Waals surface area contributed by atoms with Gasteiger partial charge in [0.15, 0.2) is 0 Å². The molecule has 2 rings (SSSR count). The van der Waals surface area contributed by atoms with Crippen LogP contribution in [0, 0.1) is 0 Å². The number of fused-ring (bicyclic) bond motifs is 1. The van der Waals surface area contributed by atoms with Crippen molar-refractivity contribution in [2.75, 3.05) is 13.2 Å². The summed E-state index contributed by atoms with van der Waals surface area (Å²) in [6, 6.07) is 8.12. The summed E-state index contributed by atoms with van der Waals surface area (Å²) in [6.45, 7) is 4.26. The lowest BCUT2D eigenvalue weighted by Crippen LogP contribution is -2.33. The van der Waals surface area contributed by atoms with Crippen molar-refractivity contribution < 1.29 is 9.53 Å². The number of ether oxygens (including phenoxy) is 1. The number of esters is 1. The predicted octanol–water partition coefficient (Wildman–Crippen LogP) is 3.00. The average Bonchev–Trinajstić information content (AvgIpc) is 2.46. The van der Waals surface area contributed by atoms with E-state index in [4.69, 9.17) is 4.74 Å². The van der Waals surface area contributed by atoms with Crippen molar-refractivity contribution >= 4 is 5.97 Å². The zero-order valence-electron chi connectivity index (χ0n) is 11.7. The first kappa shape index (κ1) is 14.1. The Morgan fingerprint density at radius 2 is 2.16 bits per heavy atom. The van der Waals surface area contributed by atoms with Crippen molar-refractivity contribution in [3.05, 3.63) is 35.4 Å². The molecule has 1 heterocycles. The molecule has 0 radical (unpaired) electrons. The molecule has 3 heteroatoms. The SMILES string of the molecule is CCCCCCOC(=O)C1CNCc2ccccc21. The second kappa shape index (κ2) is 7.29. The monoisotopic (exact) mass is 261 g/mol. The van der Waals surface area contributed by atoms with Crippen LogP contribution in [0.3, 0.4) is 0 Å². The van der Waals surface area contributed by atoms with Crippen molar-refractivity contribution in [3.63, 3.8) is 0 Å². The van der Waals surface area contributed by atoms with Gasteiger partial charge in [-0.15, -0.1) is 0 Å². The molecule has 1 atom stereocenters. The van der Waals surface area contributed by atoms with Gasteiger partial charge in [-0.25, -0.2) is 0 Å². The van der Waals surface area contributed by atoms with Crippen LogP contribution in [0.25, 0.3) is 0 Å². The Hall–Kier alpha value is -1.35. The van der Waals surface area contributed by atoms with Gasteiger partial charge in [0.05, 0.1) is 12.5 Å². The molecular formula is C16H23NO2. The lowest BCUT2D eigenvalue weighted by Gasteiger charge is -2.24. The molecule has 1 aromatic rings. The highest BCUT2D eigenvalue weighted by Crippen LogP contribution is 2.24. The summed E-state index contributed by atoms with van der Waals surface area (Å²) in [4.78, 5) is 12.1. The van der Waals surface area contributed by atoms with Gasteiger partial charge in [0.1, 0.15) is 0 Å². The molecule has 3 nitrogen and oxygen atoms in total. The van der Waals surface area contributed by atoms with E-state index in [1.165, 1.54) is 18.4 Å². The first-order chi connectivity index (χ1) is 9.33. The van der Waals surface area contributed by atoms with Crippen LogP contribution in [0.2, 0.25) is 0 Å². The molecule has 1 unspecified atom stereocenters. The molecule has 0 amide bonds. The molecular weight excluding hydrogens is 238 g/mol. The van der Waals surface area contributed by atoms with E-state index >= 15 is 0 Å². The first-order valence-corrected chi connectivity index (χ1v) is 7.28. The third kappa shape index (κ3) is 3.80.